The molecule has 8 heteroatoms. The fraction of sp³-hybridized carbons (Fsp3) is 0.0769. The summed E-state index contributed by atoms with van der Waals surface area (Å²) < 4.78 is 5.70. The molecule has 168 valence electrons. The van der Waals surface area contributed by atoms with Crippen molar-refractivity contribution in [1.82, 2.24) is 4.90 Å². The van der Waals surface area contributed by atoms with Crippen LogP contribution >= 0.6 is 0 Å². The number of amides is 1. The Bertz CT molecular complexity index is 1420. The molecular formula is C26H18N2O6. The second-order valence-electron chi connectivity index (χ2n) is 7.91. The van der Waals surface area contributed by atoms with Crippen molar-refractivity contribution in [3.05, 3.63) is 123 Å². The number of ketones is 1. The molecule has 0 radical (unpaired) electrons. The number of nitro benzene ring substituents is 1. The van der Waals surface area contributed by atoms with Gasteiger partial charge < -0.3 is 14.4 Å². The number of aliphatic hydroxyl groups excluding tert-OH is 1. The summed E-state index contributed by atoms with van der Waals surface area (Å²) >= 11 is 0. The van der Waals surface area contributed by atoms with Crippen molar-refractivity contribution in [3.63, 3.8) is 0 Å². The zero-order chi connectivity index (χ0) is 23.8. The average molecular weight is 454 g/mol. The fourth-order valence-corrected chi connectivity index (χ4v) is 4.18. The Labute approximate surface area is 193 Å². The van der Waals surface area contributed by atoms with E-state index in [2.05, 4.69) is 0 Å². The molecule has 3 aromatic carbocycles. The number of furan rings is 1. The van der Waals surface area contributed by atoms with Crippen molar-refractivity contribution in [1.29, 1.82) is 0 Å². The summed E-state index contributed by atoms with van der Waals surface area (Å²) in [5, 5.41) is 22.6. The topological polar surface area (TPSA) is 114 Å². The van der Waals surface area contributed by atoms with Gasteiger partial charge in [-0.25, -0.2) is 0 Å². The number of carbonyl (C=O) groups excluding carboxylic acids is 2. The number of hydrogen-bond acceptors (Lipinski definition) is 6. The predicted molar refractivity (Wildman–Crippen MR) is 123 cm³/mol. The monoisotopic (exact) mass is 454 g/mol. The fourth-order valence-electron chi connectivity index (χ4n) is 4.18. The maximum Gasteiger partial charge on any atom is 0.290 e. The highest BCUT2D eigenvalue weighted by Gasteiger charge is 2.44. The number of para-hydroxylation sites is 1. The standard InChI is InChI=1S/C26H18N2O6/c29-24(21-14-18-8-4-5-9-20(18)34-21)22-23(17-10-12-19(13-11-17)28(32)33)27(26(31)25(22)30)15-16-6-2-1-3-7-16/h1-14,23,30H,15H2. The van der Waals surface area contributed by atoms with Gasteiger partial charge in [-0.15, -0.1) is 0 Å². The van der Waals surface area contributed by atoms with Crippen molar-refractivity contribution in [2.75, 3.05) is 0 Å². The van der Waals surface area contributed by atoms with Crippen molar-refractivity contribution >= 4 is 28.3 Å². The van der Waals surface area contributed by atoms with Crippen LogP contribution in [-0.2, 0) is 11.3 Å². The van der Waals surface area contributed by atoms with E-state index in [1.54, 1.807) is 24.3 Å². The average Bonchev–Trinajstić information content (AvgIpc) is 3.39. The molecule has 5 rings (SSSR count). The largest absolute Gasteiger partial charge is 0.503 e. The second-order valence-corrected chi connectivity index (χ2v) is 7.91. The molecule has 0 spiro atoms. The van der Waals surface area contributed by atoms with E-state index < -0.39 is 28.4 Å². The van der Waals surface area contributed by atoms with E-state index in [1.807, 2.05) is 36.4 Å². The summed E-state index contributed by atoms with van der Waals surface area (Å²) in [6, 6.07) is 22.4. The third-order valence-electron chi connectivity index (χ3n) is 5.81. The lowest BCUT2D eigenvalue weighted by Gasteiger charge is -2.26. The van der Waals surface area contributed by atoms with Gasteiger partial charge in [0.25, 0.3) is 11.6 Å². The summed E-state index contributed by atoms with van der Waals surface area (Å²) in [7, 11) is 0. The molecule has 0 saturated heterocycles. The third-order valence-corrected chi connectivity index (χ3v) is 5.81. The number of aliphatic hydroxyl groups is 1. The lowest BCUT2D eigenvalue weighted by atomic mass is 9.94. The molecule has 0 bridgehead atoms. The van der Waals surface area contributed by atoms with Crippen LogP contribution in [0, 0.1) is 10.1 Å². The Morgan fingerprint density at radius 3 is 2.35 bits per heavy atom. The van der Waals surface area contributed by atoms with Gasteiger partial charge in [0.1, 0.15) is 5.58 Å². The molecule has 1 atom stereocenters. The molecule has 0 aliphatic carbocycles. The van der Waals surface area contributed by atoms with Crippen molar-refractivity contribution < 1.29 is 24.0 Å². The number of Topliss-reactive ketones (excluding diaryl/α,β-unsaturated/α-hetero) is 1. The summed E-state index contributed by atoms with van der Waals surface area (Å²) in [6.45, 7) is 0.127. The van der Waals surface area contributed by atoms with Gasteiger partial charge in [-0.1, -0.05) is 48.5 Å². The highest BCUT2D eigenvalue weighted by Crippen LogP contribution is 2.40. The van der Waals surface area contributed by atoms with E-state index in [4.69, 9.17) is 4.42 Å². The lowest BCUT2D eigenvalue weighted by molar-refractivity contribution is -0.384. The van der Waals surface area contributed by atoms with Gasteiger partial charge in [0.15, 0.2) is 11.5 Å². The Kier molecular flexibility index (Phi) is 5.18. The summed E-state index contributed by atoms with van der Waals surface area (Å²) in [6.07, 6.45) is 0. The van der Waals surface area contributed by atoms with Crippen molar-refractivity contribution in [2.24, 2.45) is 0 Å². The Morgan fingerprint density at radius 2 is 1.68 bits per heavy atom. The first-order chi connectivity index (χ1) is 16.4. The van der Waals surface area contributed by atoms with E-state index in [-0.39, 0.29) is 23.6 Å². The van der Waals surface area contributed by atoms with Crippen LogP contribution in [0.3, 0.4) is 0 Å². The molecule has 1 aliphatic rings. The van der Waals surface area contributed by atoms with Crippen LogP contribution in [0.4, 0.5) is 5.69 Å². The van der Waals surface area contributed by atoms with Crippen LogP contribution in [-0.4, -0.2) is 26.6 Å². The molecule has 1 aromatic heterocycles. The van der Waals surface area contributed by atoms with Crippen LogP contribution < -0.4 is 0 Å². The maximum atomic E-state index is 13.5. The zero-order valence-corrected chi connectivity index (χ0v) is 17.8. The van der Waals surface area contributed by atoms with Crippen molar-refractivity contribution in [3.8, 4) is 0 Å². The molecule has 2 heterocycles. The quantitative estimate of drug-likeness (QED) is 0.246. The van der Waals surface area contributed by atoms with Crippen LogP contribution in [0.15, 0.2) is 101 Å². The van der Waals surface area contributed by atoms with E-state index in [9.17, 15) is 24.8 Å². The Morgan fingerprint density at radius 1 is 1.00 bits per heavy atom. The molecule has 1 aliphatic heterocycles. The van der Waals surface area contributed by atoms with E-state index >= 15 is 0 Å². The number of benzene rings is 3. The number of nitrogens with zero attached hydrogens (tertiary/aromatic N) is 2. The molecule has 1 amide bonds. The van der Waals surface area contributed by atoms with Crippen LogP contribution in [0.1, 0.15) is 27.7 Å². The lowest BCUT2D eigenvalue weighted by Crippen LogP contribution is -2.30. The first kappa shape index (κ1) is 21.1. The van der Waals surface area contributed by atoms with Gasteiger partial charge in [-0.3, -0.25) is 19.7 Å². The summed E-state index contributed by atoms with van der Waals surface area (Å²) in [5.41, 5.74) is 1.50. The SMILES string of the molecule is O=C(C1=C(O)C(=O)N(Cc2ccccc2)C1c1ccc([N+](=O)[O-])cc1)c1cc2ccccc2o1. The molecule has 1 N–H and O–H groups in total. The Balaban J connectivity index is 1.60. The van der Waals surface area contributed by atoms with Crippen LogP contribution in [0.25, 0.3) is 11.0 Å². The normalized spacial score (nSPS) is 15.8. The minimum atomic E-state index is -0.950. The zero-order valence-electron chi connectivity index (χ0n) is 17.8. The molecule has 4 aromatic rings. The minimum absolute atomic E-state index is 0.0102. The molecule has 0 fully saturated rings. The number of hydrogen-bond donors (Lipinski definition) is 1. The number of rotatable bonds is 6. The van der Waals surface area contributed by atoms with Gasteiger partial charge >= 0.3 is 0 Å². The number of carbonyl (C=O) groups is 2. The molecule has 34 heavy (non-hydrogen) atoms. The summed E-state index contributed by atoms with van der Waals surface area (Å²) in [5.74, 6) is -2.00. The first-order valence-corrected chi connectivity index (χ1v) is 10.5. The van der Waals surface area contributed by atoms with Crippen LogP contribution in [0.5, 0.6) is 0 Å². The van der Waals surface area contributed by atoms with Gasteiger partial charge in [-0.05, 0) is 35.4 Å². The van der Waals surface area contributed by atoms with E-state index in [0.717, 1.165) is 5.56 Å². The second kappa shape index (κ2) is 8.32. The molecular weight excluding hydrogens is 436 g/mol. The Hall–Kier alpha value is -4.72. The number of nitro groups is 1. The van der Waals surface area contributed by atoms with E-state index in [1.165, 1.54) is 29.2 Å². The van der Waals surface area contributed by atoms with Crippen LogP contribution in [0.2, 0.25) is 0 Å². The van der Waals surface area contributed by atoms with Gasteiger partial charge in [0.2, 0.25) is 5.78 Å². The predicted octanol–water partition coefficient (Wildman–Crippen LogP) is 5.12. The van der Waals surface area contributed by atoms with Crippen molar-refractivity contribution in [2.45, 2.75) is 12.6 Å². The first-order valence-electron chi connectivity index (χ1n) is 10.5. The molecule has 8 nitrogen and oxygen atoms in total. The van der Waals surface area contributed by atoms with Gasteiger partial charge in [0.05, 0.1) is 16.5 Å². The number of non-ortho nitro benzene ring substituents is 1. The summed E-state index contributed by atoms with van der Waals surface area (Å²) in [4.78, 5) is 38.6. The highest BCUT2D eigenvalue weighted by atomic mass is 16.6. The molecule has 0 saturated carbocycles. The third kappa shape index (κ3) is 3.61. The smallest absolute Gasteiger partial charge is 0.290 e. The maximum absolute atomic E-state index is 13.5. The molecule has 1 unspecified atom stereocenters. The van der Waals surface area contributed by atoms with Gasteiger partial charge in [-0.2, -0.15) is 0 Å². The highest BCUT2D eigenvalue weighted by molar-refractivity contribution is 6.16. The van der Waals surface area contributed by atoms with E-state index in [0.29, 0.717) is 16.5 Å². The minimum Gasteiger partial charge on any atom is -0.503 e. The number of fused-ring (bicyclic) bond motifs is 1. The van der Waals surface area contributed by atoms with Gasteiger partial charge in [0, 0.05) is 24.1 Å².